The number of nitrogens with zero attached hydrogens (tertiary/aromatic N) is 2. The van der Waals surface area contributed by atoms with Crippen molar-refractivity contribution in [1.82, 2.24) is 9.13 Å². The van der Waals surface area contributed by atoms with Gasteiger partial charge in [-0.25, -0.2) is 0 Å². The molecular weight excluding hydrogens is 1520 g/mol. The first-order valence-electron chi connectivity index (χ1n) is 44.1. The van der Waals surface area contributed by atoms with Gasteiger partial charge in [0, 0.05) is 32.9 Å². The highest BCUT2D eigenvalue weighted by Gasteiger charge is 2.32. The van der Waals surface area contributed by atoms with Gasteiger partial charge in [-0.1, -0.05) is 334 Å². The van der Waals surface area contributed by atoms with E-state index in [0.717, 1.165) is 11.4 Å². The van der Waals surface area contributed by atoms with Crippen molar-refractivity contribution < 1.29 is 0 Å². The second-order valence-corrected chi connectivity index (χ2v) is 35.3. The minimum absolute atomic E-state index is 1.13. The summed E-state index contributed by atoms with van der Waals surface area (Å²) in [7, 11) is 0. The summed E-state index contributed by atoms with van der Waals surface area (Å²) in [5.74, 6) is 0. The highest BCUT2D eigenvalue weighted by Crippen LogP contribution is 2.60. The molecule has 0 saturated carbocycles. The van der Waals surface area contributed by atoms with Crippen molar-refractivity contribution in [2.75, 3.05) is 0 Å². The molecule has 0 atom stereocenters. The van der Waals surface area contributed by atoms with Crippen molar-refractivity contribution in [3.8, 4) is 67.0 Å². The minimum atomic E-state index is 1.13. The quantitative estimate of drug-likeness (QED) is 0.141. The molecule has 2 heteroatoms. The molecule has 0 aliphatic rings. The molecule has 30 aromatic rings. The molecule has 0 fully saturated rings. The Kier molecular flexibility index (Phi) is 13.1. The van der Waals surface area contributed by atoms with Crippen molar-refractivity contribution in [2.45, 2.75) is 0 Å². The first-order valence-corrected chi connectivity index (χ1v) is 44.1. The molecule has 2 nitrogen and oxygen atoms in total. The van der Waals surface area contributed by atoms with Crippen LogP contribution < -0.4 is 0 Å². The largest absolute Gasteiger partial charge is 0.309 e. The maximum atomic E-state index is 2.60. The van der Waals surface area contributed by atoms with Crippen LogP contribution in [0.1, 0.15) is 0 Å². The summed E-state index contributed by atoms with van der Waals surface area (Å²) in [6.45, 7) is 0. The lowest BCUT2D eigenvalue weighted by atomic mass is 9.84. The van der Waals surface area contributed by atoms with Gasteiger partial charge in [-0.05, 0) is 328 Å². The Hall–Kier alpha value is -16.5. The second-order valence-electron chi connectivity index (χ2n) is 35.3. The highest BCUT2D eigenvalue weighted by molar-refractivity contribution is 6.50. The molecule has 0 N–H and O–H groups in total. The van der Waals surface area contributed by atoms with Gasteiger partial charge < -0.3 is 9.13 Å². The van der Waals surface area contributed by atoms with Gasteiger partial charge in [0.05, 0.1) is 22.1 Å². The zero-order valence-electron chi connectivity index (χ0n) is 68.2. The van der Waals surface area contributed by atoms with E-state index in [1.807, 2.05) is 0 Å². The van der Waals surface area contributed by atoms with Crippen LogP contribution in [0.5, 0.6) is 0 Å². The maximum absolute atomic E-state index is 2.60. The van der Waals surface area contributed by atoms with Crippen LogP contribution in [-0.2, 0) is 0 Å². The standard InChI is InChI=1S/C124H68N2/c1-5-26-69(27-6-1)110-102-67-98-84-35-14-13-34-83(84)88-40-22-45-93(115(88)98)119(102)113(72-32-11-4-12-33-72)124-101-66-77-55-53-74-63-79(58-60-82(74)109(77)90-42-23-47-95(117(90)101)121(110)124)126-106-51-20-17-38-87(106)97-64-75(56-61-107(97)126)80-39-21-41-89-99-68-103-111(70-28-7-2-8-29-70)123-100-65-76-54-52-73-62-78(125-104-49-18-15-36-85(104)86-37-16-19-50-105(86)125)57-59-81(73)108(76)91-43-24-48-96(118(91)100)122(123)112(71-30-9-3-10-31-71)120(103)94-46-25-44-92(114(80)89)116(94)99/h1-68H. The lowest BCUT2D eigenvalue weighted by Crippen LogP contribution is -1.94. The summed E-state index contributed by atoms with van der Waals surface area (Å²) in [5.41, 5.74) is 19.5. The third-order valence-corrected chi connectivity index (χ3v) is 29.3. The van der Waals surface area contributed by atoms with E-state index in [1.165, 1.54) is 293 Å². The predicted octanol–water partition coefficient (Wildman–Crippen LogP) is 34.7. The molecule has 2 heterocycles. The second kappa shape index (κ2) is 24.6. The Bertz CT molecular complexity index is 10000. The van der Waals surface area contributed by atoms with Gasteiger partial charge in [0.2, 0.25) is 0 Å². The Morgan fingerprint density at radius 1 is 0.119 bits per heavy atom. The Labute approximate surface area is 721 Å². The minimum Gasteiger partial charge on any atom is -0.309 e. The molecule has 0 radical (unpaired) electrons. The molecule has 0 amide bonds. The lowest BCUT2D eigenvalue weighted by molar-refractivity contribution is 1.19. The molecule has 126 heavy (non-hydrogen) atoms. The van der Waals surface area contributed by atoms with Gasteiger partial charge in [-0.15, -0.1) is 0 Å². The van der Waals surface area contributed by atoms with Crippen LogP contribution in [0.3, 0.4) is 0 Å². The van der Waals surface area contributed by atoms with Crippen molar-refractivity contribution in [3.05, 3.63) is 413 Å². The molecular formula is C124H68N2. The van der Waals surface area contributed by atoms with Gasteiger partial charge in [-0.2, -0.15) is 0 Å². The number of hydrogen-bond acceptors (Lipinski definition) is 0. The summed E-state index contributed by atoms with van der Waals surface area (Å²) >= 11 is 0. The third kappa shape index (κ3) is 8.69. The van der Waals surface area contributed by atoms with E-state index in [1.54, 1.807) is 0 Å². The molecule has 0 aliphatic carbocycles. The van der Waals surface area contributed by atoms with Crippen molar-refractivity contribution in [3.63, 3.8) is 0 Å². The zero-order chi connectivity index (χ0) is 81.6. The summed E-state index contributed by atoms with van der Waals surface area (Å²) in [5, 5.41) is 51.2. The number of para-hydroxylation sites is 3. The molecule has 0 unspecified atom stereocenters. The maximum Gasteiger partial charge on any atom is 0.0541 e. The van der Waals surface area contributed by atoms with E-state index in [2.05, 4.69) is 422 Å². The van der Waals surface area contributed by atoms with Crippen LogP contribution in [-0.4, -0.2) is 9.13 Å². The fourth-order valence-electron chi connectivity index (χ4n) is 24.5. The van der Waals surface area contributed by atoms with E-state index in [-0.39, 0.29) is 0 Å². The molecule has 2 aromatic heterocycles. The molecule has 0 bridgehead atoms. The first kappa shape index (κ1) is 67.2. The monoisotopic (exact) mass is 1580 g/mol. The van der Waals surface area contributed by atoms with E-state index in [9.17, 15) is 0 Å². The van der Waals surface area contributed by atoms with Crippen LogP contribution in [0.25, 0.3) is 305 Å². The van der Waals surface area contributed by atoms with E-state index in [0.29, 0.717) is 0 Å². The predicted molar refractivity (Wildman–Crippen MR) is 542 cm³/mol. The average Bonchev–Trinajstić information content (AvgIpc) is 1.51. The SMILES string of the molecule is c1ccc(-c2c3cc4c5ccccc5c5cccc(c3c(-c3ccccc3)c3c6cc7ccc8cc(-n9c%10ccccc%10c%10cc(-c%11cccc%12c%13cc%14c(-c%15ccccc%15)c%15c%16cc%17ccc%18cc(-n%19c%20ccccc%20c%20ccccc%20%19)ccc%18c%17c%17cccc(c%15c(-c%15ccccc%15)c%14c%14cccc(c%11%12)c%13%14)c%16%17)ccc%109)ccc8c7c7cccc(c23)c67)c54)cc1. The molecule has 0 saturated heterocycles. The Morgan fingerprint density at radius 2 is 0.437 bits per heavy atom. The first-order chi connectivity index (χ1) is 62.6. The molecule has 0 aliphatic heterocycles. The fraction of sp³-hybridized carbons (Fsp3) is 0. The van der Waals surface area contributed by atoms with Crippen LogP contribution >= 0.6 is 0 Å². The molecule has 30 rings (SSSR count). The van der Waals surface area contributed by atoms with Gasteiger partial charge in [0.25, 0.3) is 0 Å². The lowest BCUT2D eigenvalue weighted by Gasteiger charge is -2.19. The smallest absolute Gasteiger partial charge is 0.0541 e. The van der Waals surface area contributed by atoms with Crippen molar-refractivity contribution in [1.29, 1.82) is 0 Å². The fourth-order valence-corrected chi connectivity index (χ4v) is 24.5. The van der Waals surface area contributed by atoms with E-state index in [4.69, 9.17) is 0 Å². The highest BCUT2D eigenvalue weighted by atomic mass is 15.0. The summed E-state index contributed by atoms with van der Waals surface area (Å²) in [6, 6.07) is 158. The topological polar surface area (TPSA) is 9.86 Å². The summed E-state index contributed by atoms with van der Waals surface area (Å²) in [4.78, 5) is 0. The molecule has 574 valence electrons. The number of fused-ring (bicyclic) bond motifs is 30. The number of hydrogen-bond donors (Lipinski definition) is 0. The van der Waals surface area contributed by atoms with Crippen LogP contribution in [0, 0.1) is 0 Å². The van der Waals surface area contributed by atoms with Gasteiger partial charge in [0.1, 0.15) is 0 Å². The number of rotatable bonds is 7. The van der Waals surface area contributed by atoms with Gasteiger partial charge >= 0.3 is 0 Å². The molecule has 28 aromatic carbocycles. The Balaban J connectivity index is 0.603. The van der Waals surface area contributed by atoms with Crippen molar-refractivity contribution in [2.24, 2.45) is 0 Å². The van der Waals surface area contributed by atoms with Gasteiger partial charge in [0.15, 0.2) is 0 Å². The number of aromatic nitrogens is 2. The summed E-state index contributed by atoms with van der Waals surface area (Å²) in [6.07, 6.45) is 0. The van der Waals surface area contributed by atoms with Crippen molar-refractivity contribution >= 4 is 238 Å². The average molecular weight is 1590 g/mol. The summed E-state index contributed by atoms with van der Waals surface area (Å²) < 4.78 is 4.95. The molecule has 0 spiro atoms. The third-order valence-electron chi connectivity index (χ3n) is 29.3. The van der Waals surface area contributed by atoms with Crippen LogP contribution in [0.15, 0.2) is 413 Å². The van der Waals surface area contributed by atoms with Gasteiger partial charge in [-0.3, -0.25) is 0 Å². The van der Waals surface area contributed by atoms with E-state index >= 15 is 0 Å². The van der Waals surface area contributed by atoms with Crippen LogP contribution in [0.4, 0.5) is 0 Å². The zero-order valence-corrected chi connectivity index (χ0v) is 68.2. The van der Waals surface area contributed by atoms with E-state index < -0.39 is 0 Å². The number of benzene rings is 24. The normalized spacial score (nSPS) is 12.6. The Morgan fingerprint density at radius 3 is 0.921 bits per heavy atom. The van der Waals surface area contributed by atoms with Crippen LogP contribution in [0.2, 0.25) is 0 Å².